The Hall–Kier alpha value is -1.95. The molecule has 3 rings (SSSR count). The molecule has 3 aromatic rings. The van der Waals surface area contributed by atoms with E-state index < -0.39 is 0 Å². The second-order valence-electron chi connectivity index (χ2n) is 6.53. The van der Waals surface area contributed by atoms with Gasteiger partial charge in [-0.2, -0.15) is 0 Å². The van der Waals surface area contributed by atoms with E-state index in [9.17, 15) is 0 Å². The van der Waals surface area contributed by atoms with E-state index in [1.54, 1.807) is 0 Å². The fourth-order valence-electron chi connectivity index (χ4n) is 3.27. The van der Waals surface area contributed by atoms with Gasteiger partial charge in [0.25, 0.3) is 0 Å². The first-order valence-electron chi connectivity index (χ1n) is 9.88. The largest absolute Gasteiger partial charge is 0.494 e. The summed E-state index contributed by atoms with van der Waals surface area (Å²) in [7, 11) is 0. The van der Waals surface area contributed by atoms with Gasteiger partial charge in [-0.05, 0) is 49.8 Å². The lowest BCUT2D eigenvalue weighted by molar-refractivity contribution is 0.292. The quantitative estimate of drug-likeness (QED) is 0.470. The van der Waals surface area contributed by atoms with Crippen LogP contribution in [0.2, 0.25) is 0 Å². The summed E-state index contributed by atoms with van der Waals surface area (Å²) in [5, 5.41) is 3.52. The van der Waals surface area contributed by atoms with Crippen molar-refractivity contribution in [1.29, 1.82) is 0 Å². The van der Waals surface area contributed by atoms with Crippen LogP contribution < -0.4 is 10.1 Å². The summed E-state index contributed by atoms with van der Waals surface area (Å²) < 4.78 is 7.81. The molecule has 1 aromatic heterocycles. The van der Waals surface area contributed by atoms with Crippen LogP contribution in [0.15, 0.2) is 48.5 Å². The van der Waals surface area contributed by atoms with E-state index in [1.165, 1.54) is 11.1 Å². The maximum Gasteiger partial charge on any atom is 0.204 e. The number of para-hydroxylation sites is 2. The highest BCUT2D eigenvalue weighted by atomic mass is 35.5. The SMILES string of the molecule is CCOc1ccc(CNc2nc3ccccc3n2CCN(CC)CC)cc1.Cl.Cl. The van der Waals surface area contributed by atoms with Crippen LogP contribution in [0.25, 0.3) is 11.0 Å². The van der Waals surface area contributed by atoms with Crippen molar-refractivity contribution in [2.45, 2.75) is 33.9 Å². The lowest BCUT2D eigenvalue weighted by atomic mass is 10.2. The second-order valence-corrected chi connectivity index (χ2v) is 6.53. The van der Waals surface area contributed by atoms with E-state index >= 15 is 0 Å². The molecule has 7 heteroatoms. The minimum absolute atomic E-state index is 0. The monoisotopic (exact) mass is 438 g/mol. The fourth-order valence-corrected chi connectivity index (χ4v) is 3.27. The number of rotatable bonds is 10. The molecule has 0 unspecified atom stereocenters. The third-order valence-electron chi connectivity index (χ3n) is 4.87. The number of anilines is 1. The van der Waals surface area contributed by atoms with Gasteiger partial charge in [0.2, 0.25) is 5.95 Å². The summed E-state index contributed by atoms with van der Waals surface area (Å²) in [6.45, 7) is 11.9. The normalized spacial score (nSPS) is 10.5. The summed E-state index contributed by atoms with van der Waals surface area (Å²) in [4.78, 5) is 7.25. The van der Waals surface area contributed by atoms with Crippen molar-refractivity contribution in [2.24, 2.45) is 0 Å². The number of fused-ring (bicyclic) bond motifs is 1. The summed E-state index contributed by atoms with van der Waals surface area (Å²) in [5.74, 6) is 1.84. The van der Waals surface area contributed by atoms with Crippen LogP contribution in [0.3, 0.4) is 0 Å². The molecule has 160 valence electrons. The van der Waals surface area contributed by atoms with Crippen LogP contribution >= 0.6 is 24.8 Å². The van der Waals surface area contributed by atoms with Crippen LogP contribution in [0.5, 0.6) is 5.75 Å². The molecular weight excluding hydrogens is 407 g/mol. The van der Waals surface area contributed by atoms with E-state index in [0.29, 0.717) is 6.61 Å². The van der Waals surface area contributed by atoms with Gasteiger partial charge in [-0.15, -0.1) is 24.8 Å². The van der Waals surface area contributed by atoms with Gasteiger partial charge in [-0.3, -0.25) is 0 Å². The summed E-state index contributed by atoms with van der Waals surface area (Å²) >= 11 is 0. The minimum Gasteiger partial charge on any atom is -0.494 e. The number of nitrogens with one attached hydrogen (secondary N) is 1. The topological polar surface area (TPSA) is 42.3 Å². The molecule has 0 amide bonds. The second kappa shape index (κ2) is 12.6. The number of aromatic nitrogens is 2. The Morgan fingerprint density at radius 1 is 0.966 bits per heavy atom. The Morgan fingerprint density at radius 3 is 2.31 bits per heavy atom. The third-order valence-corrected chi connectivity index (χ3v) is 4.87. The van der Waals surface area contributed by atoms with Crippen LogP contribution in [0.4, 0.5) is 5.95 Å². The molecule has 5 nitrogen and oxygen atoms in total. The summed E-state index contributed by atoms with van der Waals surface area (Å²) in [5.41, 5.74) is 3.42. The Labute approximate surface area is 186 Å². The smallest absolute Gasteiger partial charge is 0.204 e. The zero-order valence-electron chi connectivity index (χ0n) is 17.4. The molecule has 0 aliphatic carbocycles. The highest BCUT2D eigenvalue weighted by Gasteiger charge is 2.11. The number of hydrogen-bond donors (Lipinski definition) is 1. The zero-order chi connectivity index (χ0) is 19.1. The van der Waals surface area contributed by atoms with Gasteiger partial charge in [-0.1, -0.05) is 38.1 Å². The molecule has 0 radical (unpaired) electrons. The van der Waals surface area contributed by atoms with Crippen molar-refractivity contribution < 1.29 is 4.74 Å². The van der Waals surface area contributed by atoms with Crippen molar-refractivity contribution in [1.82, 2.24) is 14.5 Å². The van der Waals surface area contributed by atoms with Crippen molar-refractivity contribution in [3.63, 3.8) is 0 Å². The van der Waals surface area contributed by atoms with Gasteiger partial charge in [0, 0.05) is 19.6 Å². The van der Waals surface area contributed by atoms with Crippen molar-refractivity contribution in [3.8, 4) is 5.75 Å². The van der Waals surface area contributed by atoms with E-state index in [1.807, 2.05) is 25.1 Å². The first-order valence-corrected chi connectivity index (χ1v) is 9.88. The Balaban J connectivity index is 0.00000210. The Morgan fingerprint density at radius 2 is 1.66 bits per heavy atom. The van der Waals surface area contributed by atoms with E-state index in [0.717, 1.165) is 49.9 Å². The Bertz CT molecular complexity index is 848. The maximum atomic E-state index is 5.52. The first-order chi connectivity index (χ1) is 13.2. The minimum atomic E-state index is 0. The van der Waals surface area contributed by atoms with Gasteiger partial charge in [-0.25, -0.2) is 4.98 Å². The molecule has 2 aromatic carbocycles. The number of halogens is 2. The average molecular weight is 439 g/mol. The highest BCUT2D eigenvalue weighted by molar-refractivity contribution is 5.85. The first kappa shape index (κ1) is 25.1. The molecule has 0 bridgehead atoms. The van der Waals surface area contributed by atoms with Gasteiger partial charge in [0.1, 0.15) is 5.75 Å². The number of ether oxygens (including phenoxy) is 1. The third kappa shape index (κ3) is 6.53. The molecule has 0 aliphatic heterocycles. The van der Waals surface area contributed by atoms with Crippen molar-refractivity contribution >= 4 is 41.8 Å². The number of likely N-dealkylation sites (N-methyl/N-ethyl adjacent to an activating group) is 1. The van der Waals surface area contributed by atoms with Crippen LogP contribution in [-0.2, 0) is 13.1 Å². The number of benzene rings is 2. The van der Waals surface area contributed by atoms with Gasteiger partial charge in [0.05, 0.1) is 17.6 Å². The van der Waals surface area contributed by atoms with Crippen LogP contribution in [0.1, 0.15) is 26.3 Å². The van der Waals surface area contributed by atoms with Gasteiger partial charge in [0.15, 0.2) is 0 Å². The number of imidazole rings is 1. The molecule has 1 N–H and O–H groups in total. The number of hydrogen-bond acceptors (Lipinski definition) is 4. The molecule has 0 saturated heterocycles. The summed E-state index contributed by atoms with van der Waals surface area (Å²) in [6.07, 6.45) is 0. The zero-order valence-corrected chi connectivity index (χ0v) is 19.1. The lowest BCUT2D eigenvalue weighted by Crippen LogP contribution is -2.27. The van der Waals surface area contributed by atoms with E-state index in [-0.39, 0.29) is 24.8 Å². The maximum absolute atomic E-state index is 5.52. The predicted molar refractivity (Wildman–Crippen MR) is 127 cm³/mol. The molecule has 0 fully saturated rings. The lowest BCUT2D eigenvalue weighted by Gasteiger charge is -2.19. The fraction of sp³-hybridized carbons (Fsp3) is 0.409. The highest BCUT2D eigenvalue weighted by Crippen LogP contribution is 2.21. The summed E-state index contributed by atoms with van der Waals surface area (Å²) in [6, 6.07) is 16.6. The van der Waals surface area contributed by atoms with Crippen molar-refractivity contribution in [2.75, 3.05) is 31.6 Å². The van der Waals surface area contributed by atoms with Gasteiger partial charge < -0.3 is 19.5 Å². The van der Waals surface area contributed by atoms with E-state index in [4.69, 9.17) is 9.72 Å². The van der Waals surface area contributed by atoms with Crippen molar-refractivity contribution in [3.05, 3.63) is 54.1 Å². The van der Waals surface area contributed by atoms with Crippen LogP contribution in [-0.4, -0.2) is 40.7 Å². The molecule has 1 heterocycles. The van der Waals surface area contributed by atoms with Crippen LogP contribution in [0, 0.1) is 0 Å². The van der Waals surface area contributed by atoms with E-state index in [2.05, 4.69) is 59.0 Å². The predicted octanol–water partition coefficient (Wildman–Crippen LogP) is 5.23. The molecule has 0 spiro atoms. The Kier molecular flexibility index (Phi) is 10.9. The molecule has 0 saturated carbocycles. The standard InChI is InChI=1S/C22H30N4O.2ClH/c1-4-25(5-2)15-16-26-21-10-8-7-9-20(21)24-22(26)23-17-18-11-13-19(14-12-18)27-6-3;;/h7-14H,4-6,15-17H2,1-3H3,(H,23,24);2*1H. The molecular formula is C22H32Cl2N4O. The molecule has 0 atom stereocenters. The molecule has 0 aliphatic rings. The number of nitrogens with zero attached hydrogens (tertiary/aromatic N) is 3. The average Bonchev–Trinajstić information content (AvgIpc) is 3.06. The molecule has 29 heavy (non-hydrogen) atoms. The van der Waals surface area contributed by atoms with Gasteiger partial charge >= 0.3 is 0 Å².